The van der Waals surface area contributed by atoms with E-state index in [-0.39, 0.29) is 16.1 Å². The van der Waals surface area contributed by atoms with Gasteiger partial charge >= 0.3 is 11.9 Å². The van der Waals surface area contributed by atoms with Crippen molar-refractivity contribution < 1.29 is 19.8 Å². The van der Waals surface area contributed by atoms with Crippen molar-refractivity contribution in [3.05, 3.63) is 58.6 Å². The van der Waals surface area contributed by atoms with Gasteiger partial charge in [-0.15, -0.1) is 0 Å². The van der Waals surface area contributed by atoms with Crippen LogP contribution < -0.4 is 11.5 Å². The quantitative estimate of drug-likeness (QED) is 0.631. The number of anilines is 2. The summed E-state index contributed by atoms with van der Waals surface area (Å²) < 4.78 is 0. The summed E-state index contributed by atoms with van der Waals surface area (Å²) in [6.45, 7) is 0. The summed E-state index contributed by atoms with van der Waals surface area (Å²) in [4.78, 5) is 20.9. The number of halogens is 1. The van der Waals surface area contributed by atoms with Gasteiger partial charge in [-0.1, -0.05) is 11.6 Å². The molecule has 21 heavy (non-hydrogen) atoms. The highest BCUT2D eigenvalue weighted by molar-refractivity contribution is 6.33. The van der Waals surface area contributed by atoms with Crippen molar-refractivity contribution in [3.63, 3.8) is 0 Å². The van der Waals surface area contributed by atoms with Gasteiger partial charge in [-0.3, -0.25) is 0 Å². The number of rotatable bonds is 2. The first kappa shape index (κ1) is 16.3. The molecule has 2 aromatic carbocycles. The standard InChI is InChI=1S/C8H5ClO4.C6H8N2/c9-6-3-4(7(10)11)1-2-5(6)8(12)13;7-5-1-2-6(8)4-3-5/h1-3H,(H,10,11)(H,12,13);1-4H,7-8H2. The van der Waals surface area contributed by atoms with Crippen molar-refractivity contribution in [2.75, 3.05) is 11.5 Å². The number of benzene rings is 2. The highest BCUT2D eigenvalue weighted by Gasteiger charge is 2.11. The van der Waals surface area contributed by atoms with Gasteiger partial charge in [0.25, 0.3) is 0 Å². The minimum absolute atomic E-state index is 0.0324. The van der Waals surface area contributed by atoms with Crippen molar-refractivity contribution in [1.82, 2.24) is 0 Å². The molecule has 0 amide bonds. The van der Waals surface area contributed by atoms with Crippen molar-refractivity contribution in [2.45, 2.75) is 0 Å². The summed E-state index contributed by atoms with van der Waals surface area (Å²) in [6.07, 6.45) is 0. The minimum Gasteiger partial charge on any atom is -0.478 e. The van der Waals surface area contributed by atoms with Crippen LogP contribution in [0.2, 0.25) is 5.02 Å². The Labute approximate surface area is 125 Å². The molecule has 2 aromatic rings. The zero-order chi connectivity index (χ0) is 16.0. The molecule has 110 valence electrons. The molecule has 0 saturated heterocycles. The molecule has 7 heteroatoms. The zero-order valence-electron chi connectivity index (χ0n) is 10.8. The van der Waals surface area contributed by atoms with Crippen molar-refractivity contribution in [2.24, 2.45) is 0 Å². The van der Waals surface area contributed by atoms with Crippen LogP contribution in [0.4, 0.5) is 11.4 Å². The molecule has 0 unspecified atom stereocenters. The van der Waals surface area contributed by atoms with Gasteiger partial charge in [-0.25, -0.2) is 9.59 Å². The maximum absolute atomic E-state index is 10.5. The number of carboxylic acid groups (broad SMARTS) is 2. The van der Waals surface area contributed by atoms with Crippen molar-refractivity contribution >= 4 is 34.9 Å². The molecular formula is C14H13ClN2O4. The first-order chi connectivity index (χ1) is 9.81. The van der Waals surface area contributed by atoms with Gasteiger partial charge in [-0.2, -0.15) is 0 Å². The first-order valence-electron chi connectivity index (χ1n) is 5.68. The van der Waals surface area contributed by atoms with Crippen LogP contribution in [-0.2, 0) is 0 Å². The van der Waals surface area contributed by atoms with E-state index in [1.54, 1.807) is 24.3 Å². The number of hydrogen-bond donors (Lipinski definition) is 4. The summed E-state index contributed by atoms with van der Waals surface area (Å²) in [5.41, 5.74) is 12.1. The summed E-state index contributed by atoms with van der Waals surface area (Å²) in [5, 5.41) is 17.0. The molecule has 0 saturated carbocycles. The van der Waals surface area contributed by atoms with Crippen LogP contribution in [0, 0.1) is 0 Å². The van der Waals surface area contributed by atoms with E-state index in [1.807, 2.05) is 0 Å². The molecule has 0 bridgehead atoms. The number of aromatic carboxylic acids is 2. The van der Waals surface area contributed by atoms with Crippen LogP contribution in [0.5, 0.6) is 0 Å². The highest BCUT2D eigenvalue weighted by atomic mass is 35.5. The molecule has 2 rings (SSSR count). The SMILES string of the molecule is Nc1ccc(N)cc1.O=C(O)c1ccc(C(=O)O)c(Cl)c1. The fraction of sp³-hybridized carbons (Fsp3) is 0. The highest BCUT2D eigenvalue weighted by Crippen LogP contribution is 2.17. The third-order valence-corrected chi connectivity index (χ3v) is 2.70. The normalized spacial score (nSPS) is 9.38. The molecule has 0 spiro atoms. The Morgan fingerprint density at radius 2 is 1.33 bits per heavy atom. The van der Waals surface area contributed by atoms with Crippen LogP contribution in [0.1, 0.15) is 20.7 Å². The van der Waals surface area contributed by atoms with Gasteiger partial charge < -0.3 is 21.7 Å². The monoisotopic (exact) mass is 308 g/mol. The average molecular weight is 309 g/mol. The number of carbonyl (C=O) groups is 2. The second kappa shape index (κ2) is 7.16. The van der Waals surface area contributed by atoms with E-state index in [0.29, 0.717) is 0 Å². The zero-order valence-corrected chi connectivity index (χ0v) is 11.5. The second-order valence-corrected chi connectivity index (χ2v) is 4.38. The largest absolute Gasteiger partial charge is 0.478 e. The van der Waals surface area contributed by atoms with E-state index in [2.05, 4.69) is 0 Å². The van der Waals surface area contributed by atoms with E-state index in [9.17, 15) is 9.59 Å². The Morgan fingerprint density at radius 3 is 1.67 bits per heavy atom. The Kier molecular flexibility index (Phi) is 5.57. The van der Waals surface area contributed by atoms with Gasteiger partial charge in [-0.05, 0) is 42.5 Å². The predicted octanol–water partition coefficient (Wildman–Crippen LogP) is 2.59. The molecule has 0 aromatic heterocycles. The predicted molar refractivity (Wildman–Crippen MR) is 80.6 cm³/mol. The molecule has 0 radical (unpaired) electrons. The Balaban J connectivity index is 0.000000235. The lowest BCUT2D eigenvalue weighted by Gasteiger charge is -1.99. The molecule has 0 aliphatic carbocycles. The molecule has 0 fully saturated rings. The average Bonchev–Trinajstić information content (AvgIpc) is 2.42. The van der Waals surface area contributed by atoms with Crippen molar-refractivity contribution in [3.8, 4) is 0 Å². The first-order valence-corrected chi connectivity index (χ1v) is 6.06. The Hall–Kier alpha value is -2.73. The van der Waals surface area contributed by atoms with E-state index in [4.69, 9.17) is 33.3 Å². The summed E-state index contributed by atoms with van der Waals surface area (Å²) >= 11 is 5.52. The number of hydrogen-bond acceptors (Lipinski definition) is 4. The fourth-order valence-corrected chi connectivity index (χ4v) is 1.58. The molecular weight excluding hydrogens is 296 g/mol. The van der Waals surface area contributed by atoms with Gasteiger partial charge in [0.05, 0.1) is 16.1 Å². The summed E-state index contributed by atoms with van der Waals surface area (Å²) in [6, 6.07) is 10.6. The minimum atomic E-state index is -1.18. The van der Waals surface area contributed by atoms with Crippen molar-refractivity contribution in [1.29, 1.82) is 0 Å². The third kappa shape index (κ3) is 5.04. The lowest BCUT2D eigenvalue weighted by Crippen LogP contribution is -2.01. The van der Waals surface area contributed by atoms with E-state index >= 15 is 0 Å². The molecule has 0 aliphatic heterocycles. The molecule has 6 nitrogen and oxygen atoms in total. The van der Waals surface area contributed by atoms with Gasteiger partial charge in [0.2, 0.25) is 0 Å². The van der Waals surface area contributed by atoms with Gasteiger partial charge in [0.15, 0.2) is 0 Å². The van der Waals surface area contributed by atoms with Crippen LogP contribution >= 0.6 is 11.6 Å². The van der Waals surface area contributed by atoms with Gasteiger partial charge in [0.1, 0.15) is 0 Å². The van der Waals surface area contributed by atoms with E-state index in [1.165, 1.54) is 6.07 Å². The number of nitrogen functional groups attached to an aromatic ring is 2. The smallest absolute Gasteiger partial charge is 0.337 e. The maximum Gasteiger partial charge on any atom is 0.337 e. The summed E-state index contributed by atoms with van der Waals surface area (Å²) in [7, 11) is 0. The lowest BCUT2D eigenvalue weighted by atomic mass is 10.1. The number of nitrogens with two attached hydrogens (primary N) is 2. The molecule has 0 atom stereocenters. The fourth-order valence-electron chi connectivity index (χ4n) is 1.32. The summed E-state index contributed by atoms with van der Waals surface area (Å²) in [5.74, 6) is -2.32. The topological polar surface area (TPSA) is 127 Å². The van der Waals surface area contributed by atoms with E-state index in [0.717, 1.165) is 23.5 Å². The Bertz CT molecular complexity index is 636. The third-order valence-electron chi connectivity index (χ3n) is 2.38. The second-order valence-electron chi connectivity index (χ2n) is 3.97. The lowest BCUT2D eigenvalue weighted by molar-refractivity contribution is 0.0681. The van der Waals surface area contributed by atoms with Crippen LogP contribution in [-0.4, -0.2) is 22.2 Å². The van der Waals surface area contributed by atoms with Gasteiger partial charge in [0, 0.05) is 11.4 Å². The van der Waals surface area contributed by atoms with E-state index < -0.39 is 11.9 Å². The molecule has 6 N–H and O–H groups in total. The maximum atomic E-state index is 10.5. The Morgan fingerprint density at radius 1 is 0.857 bits per heavy atom. The molecule has 0 aliphatic rings. The number of carboxylic acids is 2. The van der Waals surface area contributed by atoms with Crippen LogP contribution in [0.3, 0.4) is 0 Å². The van der Waals surface area contributed by atoms with Crippen LogP contribution in [0.25, 0.3) is 0 Å². The van der Waals surface area contributed by atoms with Crippen LogP contribution in [0.15, 0.2) is 42.5 Å². The molecule has 0 heterocycles.